The SMILES string of the molecule is CC(C)(C)c1ccc2c(c1)c1ccccc1n2-c1cc(-c2ccc(C(F)(F)F)cc2C(F)(F)F)c(-n2c3ccccc3c3cc(C(C)(C)C)ccc32)cc1C#N. The van der Waals surface area contributed by atoms with Crippen molar-refractivity contribution in [1.82, 2.24) is 9.13 Å². The highest BCUT2D eigenvalue weighted by molar-refractivity contribution is 6.11. The summed E-state index contributed by atoms with van der Waals surface area (Å²) in [7, 11) is 0. The van der Waals surface area contributed by atoms with Gasteiger partial charge in [0.05, 0.1) is 50.1 Å². The van der Waals surface area contributed by atoms with Crippen molar-refractivity contribution in [3.63, 3.8) is 0 Å². The Labute approximate surface area is 320 Å². The van der Waals surface area contributed by atoms with Crippen molar-refractivity contribution in [2.24, 2.45) is 0 Å². The minimum Gasteiger partial charge on any atom is -0.309 e. The summed E-state index contributed by atoms with van der Waals surface area (Å²) >= 11 is 0. The van der Waals surface area contributed by atoms with Crippen LogP contribution < -0.4 is 0 Å². The third-order valence-electron chi connectivity index (χ3n) is 10.7. The smallest absolute Gasteiger partial charge is 0.309 e. The number of para-hydroxylation sites is 2. The minimum atomic E-state index is -5.15. The van der Waals surface area contributed by atoms with Crippen LogP contribution in [0.15, 0.2) is 115 Å². The molecule has 8 aromatic rings. The van der Waals surface area contributed by atoms with Gasteiger partial charge in [0.25, 0.3) is 0 Å². The summed E-state index contributed by atoms with van der Waals surface area (Å²) in [5.74, 6) is 0. The number of alkyl halides is 6. The third kappa shape index (κ3) is 5.99. The molecule has 0 radical (unpaired) electrons. The number of rotatable bonds is 3. The number of hydrogen-bond acceptors (Lipinski definition) is 1. The first kappa shape index (κ1) is 36.9. The predicted molar refractivity (Wildman–Crippen MR) is 213 cm³/mol. The molecule has 2 heterocycles. The molecular formula is C47H37F6N3. The van der Waals surface area contributed by atoms with Crippen molar-refractivity contribution in [3.05, 3.63) is 143 Å². The molecule has 2 aromatic heterocycles. The summed E-state index contributed by atoms with van der Waals surface area (Å²) in [5, 5.41) is 14.3. The van der Waals surface area contributed by atoms with Crippen LogP contribution in [0, 0.1) is 11.3 Å². The maximum Gasteiger partial charge on any atom is 0.417 e. The summed E-state index contributed by atoms with van der Waals surface area (Å²) in [6.07, 6.45) is -10.2. The zero-order chi connectivity index (χ0) is 40.1. The van der Waals surface area contributed by atoms with Gasteiger partial charge < -0.3 is 9.13 Å². The molecule has 8 rings (SSSR count). The van der Waals surface area contributed by atoms with Gasteiger partial charge in [-0.25, -0.2) is 0 Å². The molecule has 6 aromatic carbocycles. The van der Waals surface area contributed by atoms with Gasteiger partial charge in [-0.15, -0.1) is 0 Å². The van der Waals surface area contributed by atoms with Crippen LogP contribution in [0.3, 0.4) is 0 Å². The zero-order valence-electron chi connectivity index (χ0n) is 31.6. The van der Waals surface area contributed by atoms with Gasteiger partial charge in [0, 0.05) is 27.1 Å². The molecule has 0 N–H and O–H groups in total. The summed E-state index contributed by atoms with van der Waals surface area (Å²) in [6, 6.07) is 34.3. The molecular weight excluding hydrogens is 721 g/mol. The highest BCUT2D eigenvalue weighted by Crippen LogP contribution is 2.46. The van der Waals surface area contributed by atoms with E-state index in [-0.39, 0.29) is 33.7 Å². The molecule has 0 spiro atoms. The van der Waals surface area contributed by atoms with Crippen LogP contribution >= 0.6 is 0 Å². The van der Waals surface area contributed by atoms with Crippen molar-refractivity contribution < 1.29 is 26.3 Å². The molecule has 0 atom stereocenters. The van der Waals surface area contributed by atoms with E-state index in [1.54, 1.807) is 6.07 Å². The number of nitrogens with zero attached hydrogens (tertiary/aromatic N) is 3. The number of benzene rings is 6. The molecule has 3 nitrogen and oxygen atoms in total. The second-order valence-electron chi connectivity index (χ2n) is 16.4. The van der Waals surface area contributed by atoms with Crippen LogP contribution in [-0.2, 0) is 23.2 Å². The first-order valence-corrected chi connectivity index (χ1v) is 18.2. The average Bonchev–Trinajstić information content (AvgIpc) is 3.65. The van der Waals surface area contributed by atoms with Crippen molar-refractivity contribution in [2.75, 3.05) is 0 Å². The Balaban J connectivity index is 1.54. The molecule has 56 heavy (non-hydrogen) atoms. The number of aromatic nitrogens is 2. The molecule has 0 aliphatic heterocycles. The molecule has 0 unspecified atom stereocenters. The molecule has 0 bridgehead atoms. The van der Waals surface area contributed by atoms with E-state index in [0.29, 0.717) is 22.8 Å². The van der Waals surface area contributed by atoms with Crippen LogP contribution in [0.5, 0.6) is 0 Å². The topological polar surface area (TPSA) is 33.6 Å². The lowest BCUT2D eigenvalue weighted by molar-refractivity contribution is -0.142. The fourth-order valence-corrected chi connectivity index (χ4v) is 7.84. The van der Waals surface area contributed by atoms with Gasteiger partial charge in [-0.2, -0.15) is 31.6 Å². The minimum absolute atomic E-state index is 0.0137. The number of halogens is 6. The van der Waals surface area contributed by atoms with Crippen LogP contribution in [0.1, 0.15) is 69.4 Å². The second kappa shape index (κ2) is 12.5. The molecule has 0 saturated heterocycles. The van der Waals surface area contributed by atoms with Gasteiger partial charge in [0.1, 0.15) is 6.07 Å². The quantitative estimate of drug-likeness (QED) is 0.165. The van der Waals surface area contributed by atoms with Crippen molar-refractivity contribution in [2.45, 2.75) is 64.7 Å². The lowest BCUT2D eigenvalue weighted by Gasteiger charge is -2.22. The Morgan fingerprint density at radius 1 is 0.446 bits per heavy atom. The summed E-state index contributed by atoms with van der Waals surface area (Å²) in [4.78, 5) is 0. The van der Waals surface area contributed by atoms with Crippen LogP contribution in [0.4, 0.5) is 26.3 Å². The highest BCUT2D eigenvalue weighted by Gasteiger charge is 2.39. The number of nitriles is 1. The van der Waals surface area contributed by atoms with Crippen molar-refractivity contribution >= 4 is 43.6 Å². The highest BCUT2D eigenvalue weighted by atomic mass is 19.4. The Morgan fingerprint density at radius 2 is 0.911 bits per heavy atom. The first-order valence-electron chi connectivity index (χ1n) is 18.2. The van der Waals surface area contributed by atoms with Gasteiger partial charge in [-0.05, 0) is 88.2 Å². The molecule has 0 fully saturated rings. The Morgan fingerprint density at radius 3 is 1.38 bits per heavy atom. The van der Waals surface area contributed by atoms with E-state index in [4.69, 9.17) is 0 Å². The fourth-order valence-electron chi connectivity index (χ4n) is 7.84. The van der Waals surface area contributed by atoms with E-state index in [0.717, 1.165) is 49.8 Å². The lowest BCUT2D eigenvalue weighted by atomic mass is 9.86. The van der Waals surface area contributed by atoms with E-state index in [1.807, 2.05) is 81.9 Å². The van der Waals surface area contributed by atoms with Crippen molar-refractivity contribution in [1.29, 1.82) is 5.26 Å². The molecule has 0 amide bonds. The number of fused-ring (bicyclic) bond motifs is 6. The van der Waals surface area contributed by atoms with E-state index in [1.165, 1.54) is 6.07 Å². The maximum absolute atomic E-state index is 15.1. The third-order valence-corrected chi connectivity index (χ3v) is 10.7. The van der Waals surface area contributed by atoms with Gasteiger partial charge in [-0.1, -0.05) is 96.1 Å². The summed E-state index contributed by atoms with van der Waals surface area (Å²) in [5.41, 5.74) is 1.92. The van der Waals surface area contributed by atoms with E-state index in [9.17, 15) is 18.4 Å². The normalized spacial score (nSPS) is 13.0. The fraction of sp³-hybridized carbons (Fsp3) is 0.213. The Hall–Kier alpha value is -6.01. The van der Waals surface area contributed by atoms with E-state index < -0.39 is 29.0 Å². The number of hydrogen-bond donors (Lipinski definition) is 0. The zero-order valence-corrected chi connectivity index (χ0v) is 31.6. The largest absolute Gasteiger partial charge is 0.417 e. The lowest BCUT2D eigenvalue weighted by Crippen LogP contribution is -2.13. The maximum atomic E-state index is 15.1. The van der Waals surface area contributed by atoms with E-state index in [2.05, 4.69) is 59.7 Å². The standard InChI is InChI=1S/C47H37F6N3/c1-44(2,3)28-16-19-40-34(22-28)32-11-7-9-13-38(32)55(40)42-25-36(31-18-15-30(46(48,49)50)24-37(31)47(51,52)53)43(21-27(42)26-54)56-39-14-10-8-12-33(39)35-23-29(45(4,5)6)17-20-41(35)56/h7-25H,1-6H3. The Kier molecular flexibility index (Phi) is 8.25. The molecule has 282 valence electrons. The van der Waals surface area contributed by atoms with Crippen molar-refractivity contribution in [3.8, 4) is 28.6 Å². The molecule has 0 aliphatic carbocycles. The Bertz CT molecular complexity index is 2920. The van der Waals surface area contributed by atoms with Crippen LogP contribution in [0.25, 0.3) is 66.1 Å². The predicted octanol–water partition coefficient (Wildman–Crippen LogP) is 14.1. The second-order valence-corrected chi connectivity index (χ2v) is 16.4. The van der Waals surface area contributed by atoms with Crippen LogP contribution in [0.2, 0.25) is 0 Å². The average molecular weight is 758 g/mol. The van der Waals surface area contributed by atoms with Gasteiger partial charge in [0.15, 0.2) is 0 Å². The summed E-state index contributed by atoms with van der Waals surface area (Å²) in [6.45, 7) is 12.6. The van der Waals surface area contributed by atoms with Gasteiger partial charge in [-0.3, -0.25) is 0 Å². The molecule has 9 heteroatoms. The monoisotopic (exact) mass is 757 g/mol. The van der Waals surface area contributed by atoms with Gasteiger partial charge in [0.2, 0.25) is 0 Å². The summed E-state index contributed by atoms with van der Waals surface area (Å²) < 4.78 is 90.9. The van der Waals surface area contributed by atoms with E-state index >= 15 is 13.2 Å². The molecule has 0 aliphatic rings. The van der Waals surface area contributed by atoms with Crippen LogP contribution in [-0.4, -0.2) is 9.13 Å². The van der Waals surface area contributed by atoms with Gasteiger partial charge >= 0.3 is 12.4 Å². The first-order chi connectivity index (χ1) is 26.3. The molecule has 0 saturated carbocycles.